The Labute approximate surface area is 186 Å². The van der Waals surface area contributed by atoms with Crippen LogP contribution in [0.4, 0.5) is 4.39 Å². The maximum atomic E-state index is 14.1. The fourth-order valence-corrected chi connectivity index (χ4v) is 3.94. The van der Waals surface area contributed by atoms with Crippen LogP contribution in [0.25, 0.3) is 55.8 Å². The lowest BCUT2D eigenvalue weighted by molar-refractivity contribution is 0.411. The number of rotatable bonds is 4. The lowest BCUT2D eigenvalue weighted by atomic mass is 10.0. The number of H-pyrrole nitrogens is 2. The van der Waals surface area contributed by atoms with E-state index in [1.807, 2.05) is 18.2 Å². The Balaban J connectivity index is 1.50. The highest BCUT2D eigenvalue weighted by Crippen LogP contribution is 2.35. The number of methoxy groups -OCH3 is 1. The third-order valence-electron chi connectivity index (χ3n) is 5.48. The van der Waals surface area contributed by atoms with Crippen molar-refractivity contribution in [3.63, 3.8) is 0 Å². The monoisotopic (exact) mass is 437 g/mol. The number of nitrogens with zero attached hydrogens (tertiary/aromatic N) is 5. The molecular weight excluding hydrogens is 421 g/mol. The lowest BCUT2D eigenvalue weighted by Crippen LogP contribution is -1.88. The molecule has 9 heteroatoms. The molecule has 0 atom stereocenters. The number of hydrogen-bond acceptors (Lipinski definition) is 6. The number of ether oxygens (including phenoxy) is 1. The standard InChI is InChI=1S/C24H16FN7O/c1-33-16-7-13(6-15(25)9-16)17-2-3-28-23-18(17)10-20(30-23)22-19-8-14(11-29-24(19)32-31-22)21-12-26-4-5-27-21/h2-12H,1H3,(H,28,30)(H,29,31,32). The van der Waals surface area contributed by atoms with Crippen LogP contribution in [0.15, 0.2) is 67.4 Å². The summed E-state index contributed by atoms with van der Waals surface area (Å²) in [5, 5.41) is 9.13. The zero-order chi connectivity index (χ0) is 22.4. The molecule has 0 fully saturated rings. The maximum absolute atomic E-state index is 14.1. The van der Waals surface area contributed by atoms with Gasteiger partial charge in [0.2, 0.25) is 0 Å². The zero-order valence-electron chi connectivity index (χ0n) is 17.4. The van der Waals surface area contributed by atoms with Crippen molar-refractivity contribution in [2.45, 2.75) is 0 Å². The van der Waals surface area contributed by atoms with Crippen molar-refractivity contribution in [1.82, 2.24) is 35.1 Å². The van der Waals surface area contributed by atoms with Gasteiger partial charge in [-0.3, -0.25) is 15.1 Å². The van der Waals surface area contributed by atoms with Crippen LogP contribution in [-0.4, -0.2) is 42.2 Å². The highest BCUT2D eigenvalue weighted by molar-refractivity contribution is 5.99. The second kappa shape index (κ2) is 7.49. The van der Waals surface area contributed by atoms with Crippen molar-refractivity contribution in [2.75, 3.05) is 7.11 Å². The Kier molecular flexibility index (Phi) is 4.32. The van der Waals surface area contributed by atoms with E-state index in [1.54, 1.807) is 37.1 Å². The van der Waals surface area contributed by atoms with E-state index in [9.17, 15) is 4.39 Å². The van der Waals surface area contributed by atoms with Crippen LogP contribution >= 0.6 is 0 Å². The van der Waals surface area contributed by atoms with Crippen molar-refractivity contribution in [1.29, 1.82) is 0 Å². The number of benzene rings is 1. The molecule has 0 saturated carbocycles. The van der Waals surface area contributed by atoms with E-state index in [0.29, 0.717) is 28.3 Å². The minimum absolute atomic E-state index is 0.369. The van der Waals surface area contributed by atoms with E-state index in [4.69, 9.17) is 4.74 Å². The maximum Gasteiger partial charge on any atom is 0.155 e. The Morgan fingerprint density at radius 1 is 0.848 bits per heavy atom. The first-order chi connectivity index (χ1) is 16.2. The number of pyridine rings is 2. The van der Waals surface area contributed by atoms with E-state index >= 15 is 0 Å². The average molecular weight is 437 g/mol. The van der Waals surface area contributed by atoms with Gasteiger partial charge in [-0.25, -0.2) is 14.4 Å². The number of hydrogen-bond donors (Lipinski definition) is 2. The van der Waals surface area contributed by atoms with Crippen LogP contribution in [0.1, 0.15) is 0 Å². The Morgan fingerprint density at radius 3 is 2.64 bits per heavy atom. The molecule has 0 spiro atoms. The summed E-state index contributed by atoms with van der Waals surface area (Å²) in [5.41, 5.74) is 5.86. The van der Waals surface area contributed by atoms with Crippen molar-refractivity contribution >= 4 is 22.1 Å². The van der Waals surface area contributed by atoms with E-state index in [1.165, 1.54) is 19.2 Å². The molecule has 0 saturated heterocycles. The van der Waals surface area contributed by atoms with E-state index in [2.05, 4.69) is 35.1 Å². The van der Waals surface area contributed by atoms with Crippen molar-refractivity contribution in [3.8, 4) is 39.5 Å². The predicted molar refractivity (Wildman–Crippen MR) is 122 cm³/mol. The van der Waals surface area contributed by atoms with Gasteiger partial charge in [0.05, 0.1) is 24.7 Å². The zero-order valence-corrected chi connectivity index (χ0v) is 17.4. The number of halogens is 1. The quantitative estimate of drug-likeness (QED) is 0.411. The van der Waals surface area contributed by atoms with Gasteiger partial charge in [-0.2, -0.15) is 5.10 Å². The fraction of sp³-hybridized carbons (Fsp3) is 0.0417. The topological polar surface area (TPSA) is 105 Å². The van der Waals surface area contributed by atoms with Crippen molar-refractivity contribution < 1.29 is 9.13 Å². The normalized spacial score (nSPS) is 11.3. The minimum Gasteiger partial charge on any atom is -0.497 e. The largest absolute Gasteiger partial charge is 0.497 e. The first-order valence-electron chi connectivity index (χ1n) is 10.1. The van der Waals surface area contributed by atoms with Gasteiger partial charge in [0.15, 0.2) is 5.65 Å². The van der Waals surface area contributed by atoms with Gasteiger partial charge in [-0.05, 0) is 41.5 Å². The summed E-state index contributed by atoms with van der Waals surface area (Å²) in [6, 6.07) is 10.4. The number of nitrogens with one attached hydrogen (secondary N) is 2. The van der Waals surface area contributed by atoms with Crippen LogP contribution in [0.5, 0.6) is 5.75 Å². The predicted octanol–water partition coefficient (Wildman–Crippen LogP) is 4.77. The molecule has 5 aromatic heterocycles. The molecule has 2 N–H and O–H groups in total. The summed E-state index contributed by atoms with van der Waals surface area (Å²) in [6.45, 7) is 0. The molecule has 1 aromatic carbocycles. The van der Waals surface area contributed by atoms with Crippen molar-refractivity contribution in [2.24, 2.45) is 0 Å². The molecule has 0 aliphatic heterocycles. The Morgan fingerprint density at radius 2 is 1.79 bits per heavy atom. The number of aromatic amines is 2. The SMILES string of the molecule is COc1cc(F)cc(-c2ccnc3[nH]c(-c4n[nH]c5ncc(-c6cnccn6)cc45)cc23)c1. The fourth-order valence-electron chi connectivity index (χ4n) is 3.94. The van der Waals surface area contributed by atoms with Gasteiger partial charge in [0.25, 0.3) is 0 Å². The third-order valence-corrected chi connectivity index (χ3v) is 5.48. The summed E-state index contributed by atoms with van der Waals surface area (Å²) in [6.07, 6.45) is 8.38. The van der Waals surface area contributed by atoms with Gasteiger partial charge >= 0.3 is 0 Å². The molecule has 0 aliphatic carbocycles. The van der Waals surface area contributed by atoms with Gasteiger partial charge in [0.1, 0.15) is 22.9 Å². The molecule has 5 heterocycles. The molecule has 0 bridgehead atoms. The molecule has 33 heavy (non-hydrogen) atoms. The summed E-state index contributed by atoms with van der Waals surface area (Å²) in [7, 11) is 1.51. The van der Waals surface area contributed by atoms with Gasteiger partial charge in [-0.15, -0.1) is 0 Å². The lowest BCUT2D eigenvalue weighted by Gasteiger charge is -2.06. The third kappa shape index (κ3) is 3.26. The van der Waals surface area contributed by atoms with Crippen LogP contribution in [0.2, 0.25) is 0 Å². The summed E-state index contributed by atoms with van der Waals surface area (Å²) in [5.74, 6) is 0.0811. The van der Waals surface area contributed by atoms with Crippen LogP contribution in [0.3, 0.4) is 0 Å². The Hall–Kier alpha value is -4.66. The minimum atomic E-state index is -0.369. The highest BCUT2D eigenvalue weighted by atomic mass is 19.1. The second-order valence-electron chi connectivity index (χ2n) is 7.47. The second-order valence-corrected chi connectivity index (χ2v) is 7.47. The summed E-state index contributed by atoms with van der Waals surface area (Å²) in [4.78, 5) is 20.7. The molecule has 0 radical (unpaired) electrons. The molecule has 0 unspecified atom stereocenters. The van der Waals surface area contributed by atoms with Gasteiger partial charge in [-0.1, -0.05) is 0 Å². The highest BCUT2D eigenvalue weighted by Gasteiger charge is 2.16. The Bertz CT molecular complexity index is 1620. The number of fused-ring (bicyclic) bond motifs is 2. The molecule has 0 aliphatic rings. The summed E-state index contributed by atoms with van der Waals surface area (Å²) >= 11 is 0. The molecule has 160 valence electrons. The van der Waals surface area contributed by atoms with Crippen LogP contribution < -0.4 is 4.74 Å². The number of aromatic nitrogens is 7. The first-order valence-corrected chi connectivity index (χ1v) is 10.1. The van der Waals surface area contributed by atoms with Crippen molar-refractivity contribution in [3.05, 3.63) is 73.2 Å². The summed E-state index contributed by atoms with van der Waals surface area (Å²) < 4.78 is 19.4. The molecular formula is C24H16FN7O. The first kappa shape index (κ1) is 19.1. The van der Waals surface area contributed by atoms with Crippen LogP contribution in [0, 0.1) is 5.82 Å². The van der Waals surface area contributed by atoms with E-state index < -0.39 is 0 Å². The van der Waals surface area contributed by atoms with Crippen LogP contribution in [-0.2, 0) is 0 Å². The molecule has 0 amide bonds. The average Bonchev–Trinajstić information content (AvgIpc) is 3.47. The molecule has 6 aromatic rings. The van der Waals surface area contributed by atoms with Gasteiger partial charge in [0, 0.05) is 47.2 Å². The molecule has 8 nitrogen and oxygen atoms in total. The molecule has 6 rings (SSSR count). The van der Waals surface area contributed by atoms with Gasteiger partial charge < -0.3 is 9.72 Å². The smallest absolute Gasteiger partial charge is 0.155 e. The van der Waals surface area contributed by atoms with E-state index in [0.717, 1.165) is 33.3 Å². The van der Waals surface area contributed by atoms with E-state index in [-0.39, 0.29) is 5.82 Å².